The second kappa shape index (κ2) is 8.03. The lowest BCUT2D eigenvalue weighted by molar-refractivity contribution is -0.180. The first-order chi connectivity index (χ1) is 18.8. The Morgan fingerprint density at radius 1 is 1.12 bits per heavy atom. The van der Waals surface area contributed by atoms with E-state index in [2.05, 4.69) is 9.97 Å². The number of alkyl halides is 2. The van der Waals surface area contributed by atoms with Gasteiger partial charge in [0.15, 0.2) is 17.6 Å². The summed E-state index contributed by atoms with van der Waals surface area (Å²) in [6, 6.07) is 9.70. The molecule has 3 aromatic rings. The minimum Gasteiger partial charge on any atom is -0.428 e. The number of aliphatic hydroxyl groups is 2. The van der Waals surface area contributed by atoms with Crippen molar-refractivity contribution in [3.8, 4) is 16.9 Å². The molecule has 1 unspecified atom stereocenters. The van der Waals surface area contributed by atoms with Gasteiger partial charge in [-0.05, 0) is 36.8 Å². The van der Waals surface area contributed by atoms with Gasteiger partial charge in [0.05, 0.1) is 22.4 Å². The van der Waals surface area contributed by atoms with Gasteiger partial charge >= 0.3 is 6.61 Å². The Kier molecular flexibility index (Phi) is 5.11. The molecule has 208 valence electrons. The van der Waals surface area contributed by atoms with Gasteiger partial charge in [0.25, 0.3) is 0 Å². The van der Waals surface area contributed by atoms with E-state index in [0.29, 0.717) is 34.1 Å². The van der Waals surface area contributed by atoms with E-state index in [4.69, 9.17) is 9.73 Å². The summed E-state index contributed by atoms with van der Waals surface area (Å²) >= 11 is 0. The number of anilines is 1. The molecule has 3 atom stereocenters. The molecule has 7 rings (SSSR count). The number of benzene rings is 2. The molecule has 1 saturated carbocycles. The molecule has 10 nitrogen and oxygen atoms in total. The van der Waals surface area contributed by atoms with E-state index < -0.39 is 40.0 Å². The summed E-state index contributed by atoms with van der Waals surface area (Å²) in [6.07, 6.45) is 5.81. The number of halogens is 2. The van der Waals surface area contributed by atoms with Gasteiger partial charge in [0, 0.05) is 30.8 Å². The van der Waals surface area contributed by atoms with Gasteiger partial charge in [-0.1, -0.05) is 12.1 Å². The molecule has 1 saturated heterocycles. The average Bonchev–Trinajstić information content (AvgIpc) is 2.95. The number of quaternary nitrogens is 1. The van der Waals surface area contributed by atoms with Crippen LogP contribution >= 0.6 is 0 Å². The molecule has 3 aliphatic heterocycles. The van der Waals surface area contributed by atoms with E-state index in [9.17, 15) is 27.4 Å². The van der Waals surface area contributed by atoms with Crippen molar-refractivity contribution in [3.63, 3.8) is 0 Å². The Morgan fingerprint density at radius 2 is 1.85 bits per heavy atom. The van der Waals surface area contributed by atoms with Crippen LogP contribution in [0.1, 0.15) is 25.6 Å². The Hall–Kier alpha value is -3.52. The van der Waals surface area contributed by atoms with Crippen molar-refractivity contribution in [2.45, 2.75) is 49.8 Å². The Labute approximate surface area is 228 Å². The third kappa shape index (κ3) is 3.61. The second-order valence-corrected chi connectivity index (χ2v) is 13.2. The smallest absolute Gasteiger partial charge is 0.387 e. The van der Waals surface area contributed by atoms with Crippen LogP contribution in [0, 0.1) is 0 Å². The Morgan fingerprint density at radius 3 is 2.50 bits per heavy atom. The number of para-hydroxylation sites is 1. The maximum absolute atomic E-state index is 13.4. The summed E-state index contributed by atoms with van der Waals surface area (Å²) in [7, 11) is -3.77. The minimum absolute atomic E-state index is 0.0156. The van der Waals surface area contributed by atoms with Gasteiger partial charge in [0.1, 0.15) is 24.0 Å². The number of fused-ring (bicyclic) bond motifs is 4. The monoisotopic (exact) mass is 570 g/mol. The first-order valence-electron chi connectivity index (χ1n) is 12.7. The van der Waals surface area contributed by atoms with Crippen LogP contribution < -0.4 is 24.1 Å². The zero-order chi connectivity index (χ0) is 28.2. The van der Waals surface area contributed by atoms with Crippen molar-refractivity contribution < 1.29 is 32.1 Å². The molecule has 2 fully saturated rings. The van der Waals surface area contributed by atoms with Crippen molar-refractivity contribution >= 4 is 27.6 Å². The second-order valence-electron chi connectivity index (χ2n) is 11.4. The standard InChI is InChI=1S/C27H26F2N5O5S/c1-26(35)13-27(36,14-26)24-30-9-17(10-31-24)15-6-7-18-16(8-15)11-34-12-19(32-18)23(34)33(40(2,37)38)20-4-3-5-21(22(20)34)39-25(28)29/h3-11,19,23,25,35-36H,12-14H2,1-2H3/q+1/t19-,23?,26?,27?,34+/m1/s1. The third-order valence-electron chi connectivity index (χ3n) is 8.20. The van der Waals surface area contributed by atoms with Crippen molar-refractivity contribution in [1.82, 2.24) is 14.5 Å². The van der Waals surface area contributed by atoms with Crippen LogP contribution in [-0.2, 0) is 15.6 Å². The predicted octanol–water partition coefficient (Wildman–Crippen LogP) is 1.34. The highest BCUT2D eigenvalue weighted by Gasteiger charge is 2.68. The molecular formula is C27H26F2N5O5S+. The average molecular weight is 571 g/mol. The molecular weight excluding hydrogens is 544 g/mol. The summed E-state index contributed by atoms with van der Waals surface area (Å²) in [4.78, 5) is 13.6. The quantitative estimate of drug-likeness (QED) is 0.444. The SMILES string of the molecule is CC1(O)CC(O)(c2ncc(-c3ccc4c(c3)=C[N@@+]35C[C@@H](N=4)C3N(S(C)(=O)=O)c3cccc(OC(F)F)c35)cn2)C1. The van der Waals surface area contributed by atoms with Crippen LogP contribution in [0.5, 0.6) is 5.75 Å². The Bertz CT molecular complexity index is 1790. The summed E-state index contributed by atoms with van der Waals surface area (Å²) in [5.74, 6) is 0.170. The van der Waals surface area contributed by atoms with Crippen molar-refractivity contribution in [3.05, 3.63) is 65.2 Å². The maximum atomic E-state index is 13.4. The number of aromatic nitrogens is 2. The minimum atomic E-state index is -3.77. The highest BCUT2D eigenvalue weighted by Crippen LogP contribution is 2.58. The summed E-state index contributed by atoms with van der Waals surface area (Å²) in [6.45, 7) is -1.03. The zero-order valence-corrected chi connectivity index (χ0v) is 22.4. The fraction of sp³-hybridized carbons (Fsp3) is 0.370. The molecule has 1 spiro atoms. The van der Waals surface area contributed by atoms with Crippen LogP contribution in [0.15, 0.2) is 53.8 Å². The fourth-order valence-electron chi connectivity index (χ4n) is 6.83. The molecule has 4 aliphatic rings. The summed E-state index contributed by atoms with van der Waals surface area (Å²) in [5, 5.41) is 22.1. The topological polar surface area (TPSA) is 125 Å². The number of hydrogen-bond acceptors (Lipinski definition) is 8. The maximum Gasteiger partial charge on any atom is 0.387 e. The third-order valence-corrected chi connectivity index (χ3v) is 9.33. The highest BCUT2D eigenvalue weighted by molar-refractivity contribution is 7.92. The number of nitrogens with zero attached hydrogens (tertiary/aromatic N) is 5. The van der Waals surface area contributed by atoms with Crippen LogP contribution in [0.25, 0.3) is 17.3 Å². The van der Waals surface area contributed by atoms with E-state index >= 15 is 0 Å². The molecule has 2 aromatic carbocycles. The number of rotatable bonds is 5. The molecule has 1 aromatic heterocycles. The van der Waals surface area contributed by atoms with E-state index in [1.165, 1.54) is 16.4 Å². The van der Waals surface area contributed by atoms with E-state index in [-0.39, 0.29) is 28.9 Å². The highest BCUT2D eigenvalue weighted by atomic mass is 32.2. The Balaban J connectivity index is 1.34. The first-order valence-corrected chi connectivity index (χ1v) is 14.6. The van der Waals surface area contributed by atoms with Crippen molar-refractivity contribution in [2.75, 3.05) is 17.1 Å². The molecule has 40 heavy (non-hydrogen) atoms. The van der Waals surface area contributed by atoms with Crippen LogP contribution in [0.2, 0.25) is 0 Å². The molecule has 0 radical (unpaired) electrons. The lowest BCUT2D eigenvalue weighted by Crippen LogP contribution is -2.74. The number of ether oxygens (including phenoxy) is 1. The molecule has 4 heterocycles. The molecule has 1 aliphatic carbocycles. The van der Waals surface area contributed by atoms with Crippen molar-refractivity contribution in [2.24, 2.45) is 4.99 Å². The lowest BCUT2D eigenvalue weighted by Gasteiger charge is -2.49. The van der Waals surface area contributed by atoms with Gasteiger partial charge in [-0.3, -0.25) is 4.99 Å². The molecule has 13 heteroatoms. The largest absolute Gasteiger partial charge is 0.428 e. The fourth-order valence-corrected chi connectivity index (χ4v) is 8.04. The van der Waals surface area contributed by atoms with Crippen LogP contribution in [0.3, 0.4) is 0 Å². The zero-order valence-electron chi connectivity index (χ0n) is 21.6. The van der Waals surface area contributed by atoms with Crippen molar-refractivity contribution in [1.29, 1.82) is 0 Å². The van der Waals surface area contributed by atoms with E-state index in [1.807, 2.05) is 24.4 Å². The van der Waals surface area contributed by atoms with Crippen LogP contribution in [0.4, 0.5) is 20.2 Å². The van der Waals surface area contributed by atoms with Gasteiger partial charge in [-0.15, -0.1) is 0 Å². The first kappa shape index (κ1) is 25.4. The van der Waals surface area contributed by atoms with Gasteiger partial charge in [-0.25, -0.2) is 27.2 Å². The molecule has 2 N–H and O–H groups in total. The van der Waals surface area contributed by atoms with Crippen LogP contribution in [-0.4, -0.2) is 65.8 Å². The lowest BCUT2D eigenvalue weighted by atomic mass is 9.68. The normalized spacial score (nSPS) is 31.5. The van der Waals surface area contributed by atoms with Gasteiger partial charge in [-0.2, -0.15) is 8.78 Å². The van der Waals surface area contributed by atoms with E-state index in [1.54, 1.807) is 25.4 Å². The van der Waals surface area contributed by atoms with Gasteiger partial charge in [0.2, 0.25) is 21.9 Å². The number of hydrogen-bond donors (Lipinski definition) is 2. The molecule has 0 amide bonds. The summed E-state index contributed by atoms with van der Waals surface area (Å²) in [5.41, 5.74) is -0.116. The van der Waals surface area contributed by atoms with E-state index in [0.717, 1.165) is 11.8 Å². The van der Waals surface area contributed by atoms with Gasteiger partial charge < -0.3 is 14.9 Å². The molecule has 2 bridgehead atoms. The number of sulfonamides is 1. The summed E-state index contributed by atoms with van der Waals surface area (Å²) < 4.78 is 58.8. The predicted molar refractivity (Wildman–Crippen MR) is 141 cm³/mol.